The van der Waals surface area contributed by atoms with E-state index >= 15 is 0 Å². The van der Waals surface area contributed by atoms with Crippen molar-refractivity contribution >= 4 is 17.4 Å². The molecule has 0 unspecified atom stereocenters. The van der Waals surface area contributed by atoms with Crippen molar-refractivity contribution in [1.29, 1.82) is 0 Å². The Morgan fingerprint density at radius 2 is 1.43 bits per heavy atom. The fourth-order valence-corrected chi connectivity index (χ4v) is 2.98. The van der Waals surface area contributed by atoms with E-state index in [4.69, 9.17) is 5.10 Å². The number of benzene rings is 3. The normalized spacial score (nSPS) is 10.5. The van der Waals surface area contributed by atoms with Crippen molar-refractivity contribution in [2.45, 2.75) is 6.92 Å². The van der Waals surface area contributed by atoms with Gasteiger partial charge in [0.1, 0.15) is 0 Å². The number of aryl methyl sites for hydroxylation is 1. The van der Waals surface area contributed by atoms with Crippen LogP contribution in [-0.2, 0) is 0 Å². The zero-order valence-electron chi connectivity index (χ0n) is 15.5. The maximum absolute atomic E-state index is 12.8. The van der Waals surface area contributed by atoms with Crippen LogP contribution >= 0.6 is 0 Å². The molecule has 0 aliphatic rings. The van der Waals surface area contributed by atoms with Crippen molar-refractivity contribution in [2.24, 2.45) is 0 Å². The third kappa shape index (κ3) is 3.64. The van der Waals surface area contributed by atoms with E-state index in [0.717, 1.165) is 17.1 Å². The van der Waals surface area contributed by atoms with E-state index in [1.165, 1.54) is 0 Å². The second kappa shape index (κ2) is 7.80. The van der Waals surface area contributed by atoms with Crippen molar-refractivity contribution in [3.05, 3.63) is 108 Å². The van der Waals surface area contributed by atoms with Crippen molar-refractivity contribution in [1.82, 2.24) is 15.2 Å². The first-order valence-electron chi connectivity index (χ1n) is 9.06. The minimum Gasteiger partial charge on any atom is -0.267 e. The van der Waals surface area contributed by atoms with Gasteiger partial charge in [0.15, 0.2) is 5.82 Å². The average molecular weight is 368 g/mol. The topological polar surface area (TPSA) is 50.2 Å². The smallest absolute Gasteiger partial charge is 0.267 e. The Bertz CT molecular complexity index is 1060. The number of hydrogen-bond donors (Lipinski definition) is 1. The molecule has 0 aliphatic heterocycles. The monoisotopic (exact) mass is 368 g/mol. The van der Waals surface area contributed by atoms with Crippen LogP contribution in [0.4, 0.5) is 11.5 Å². The predicted molar refractivity (Wildman–Crippen MR) is 111 cm³/mol. The Morgan fingerprint density at radius 3 is 2.07 bits per heavy atom. The standard InChI is InChI=1S/C23H20N4O/c1-18-17-22(24-26(18)20-13-7-3-8-14-20)27(21-15-9-4-10-16-21)25-23(28)19-11-5-2-6-12-19/h2-17H,1H3,(H,25,28). The van der Waals surface area contributed by atoms with Gasteiger partial charge in [0.2, 0.25) is 0 Å². The van der Waals surface area contributed by atoms with Crippen molar-refractivity contribution in [3.8, 4) is 5.69 Å². The molecule has 5 nitrogen and oxygen atoms in total. The average Bonchev–Trinajstić information content (AvgIpc) is 3.15. The summed E-state index contributed by atoms with van der Waals surface area (Å²) in [5.41, 5.74) is 6.32. The predicted octanol–water partition coefficient (Wildman–Crippen LogP) is 4.66. The SMILES string of the molecule is Cc1cc(N(NC(=O)c2ccccc2)c2ccccc2)nn1-c1ccccc1. The highest BCUT2D eigenvalue weighted by atomic mass is 16.2. The van der Waals surface area contributed by atoms with Gasteiger partial charge in [-0.15, -0.1) is 5.10 Å². The van der Waals surface area contributed by atoms with E-state index in [0.29, 0.717) is 11.4 Å². The number of hydrogen-bond acceptors (Lipinski definition) is 3. The number of para-hydroxylation sites is 2. The summed E-state index contributed by atoms with van der Waals surface area (Å²) in [6.45, 7) is 1.99. The highest BCUT2D eigenvalue weighted by Gasteiger charge is 2.18. The third-order valence-electron chi connectivity index (χ3n) is 4.37. The highest BCUT2D eigenvalue weighted by molar-refractivity contribution is 5.95. The Kier molecular flexibility index (Phi) is 4.89. The molecule has 0 saturated carbocycles. The number of hydrazine groups is 1. The molecule has 0 saturated heterocycles. The lowest BCUT2D eigenvalue weighted by Crippen LogP contribution is -2.39. The van der Waals surface area contributed by atoms with Crippen LogP contribution < -0.4 is 10.4 Å². The van der Waals surface area contributed by atoms with Crippen molar-refractivity contribution in [2.75, 3.05) is 5.01 Å². The Balaban J connectivity index is 1.72. The van der Waals surface area contributed by atoms with E-state index in [1.54, 1.807) is 17.1 Å². The van der Waals surface area contributed by atoms with Gasteiger partial charge < -0.3 is 0 Å². The lowest BCUT2D eigenvalue weighted by Gasteiger charge is -2.23. The van der Waals surface area contributed by atoms with Gasteiger partial charge in [-0.3, -0.25) is 10.2 Å². The number of carbonyl (C=O) groups is 1. The van der Waals surface area contributed by atoms with Crippen molar-refractivity contribution in [3.63, 3.8) is 0 Å². The van der Waals surface area contributed by atoms with Crippen LogP contribution in [0.3, 0.4) is 0 Å². The molecule has 1 N–H and O–H groups in total. The van der Waals surface area contributed by atoms with Crippen LogP contribution in [0.15, 0.2) is 97.1 Å². The zero-order valence-corrected chi connectivity index (χ0v) is 15.5. The van der Waals surface area contributed by atoms with E-state index in [-0.39, 0.29) is 5.91 Å². The molecule has 0 atom stereocenters. The van der Waals surface area contributed by atoms with E-state index in [2.05, 4.69) is 5.43 Å². The molecule has 4 rings (SSSR count). The number of aromatic nitrogens is 2. The maximum Gasteiger partial charge on any atom is 0.270 e. The number of nitrogens with one attached hydrogen (secondary N) is 1. The van der Waals surface area contributed by atoms with Crippen LogP contribution in [-0.4, -0.2) is 15.7 Å². The van der Waals surface area contributed by atoms with Crippen LogP contribution in [0.2, 0.25) is 0 Å². The first-order valence-corrected chi connectivity index (χ1v) is 9.06. The molecule has 1 heterocycles. The van der Waals surface area contributed by atoms with Gasteiger partial charge in [0.25, 0.3) is 5.91 Å². The Morgan fingerprint density at radius 1 is 0.857 bits per heavy atom. The summed E-state index contributed by atoms with van der Waals surface area (Å²) >= 11 is 0. The number of nitrogens with zero attached hydrogens (tertiary/aromatic N) is 3. The fraction of sp³-hybridized carbons (Fsp3) is 0.0435. The number of amides is 1. The third-order valence-corrected chi connectivity index (χ3v) is 4.37. The summed E-state index contributed by atoms with van der Waals surface area (Å²) < 4.78 is 1.86. The lowest BCUT2D eigenvalue weighted by atomic mass is 10.2. The summed E-state index contributed by atoms with van der Waals surface area (Å²) in [6, 6.07) is 30.7. The molecular formula is C23H20N4O. The molecule has 0 spiro atoms. The number of carbonyl (C=O) groups excluding carboxylic acids is 1. The molecule has 3 aromatic carbocycles. The Labute approximate surface area is 163 Å². The quantitative estimate of drug-likeness (QED) is 0.521. The zero-order chi connectivity index (χ0) is 19.3. The number of anilines is 2. The molecule has 1 amide bonds. The van der Waals surface area contributed by atoms with Gasteiger partial charge in [0.05, 0.1) is 11.4 Å². The summed E-state index contributed by atoms with van der Waals surface area (Å²) in [5.74, 6) is 0.438. The molecule has 0 bridgehead atoms. The van der Waals surface area contributed by atoms with Gasteiger partial charge in [-0.25, -0.2) is 9.69 Å². The molecular weight excluding hydrogens is 348 g/mol. The molecule has 5 heteroatoms. The molecule has 4 aromatic rings. The molecule has 0 fully saturated rings. The van der Waals surface area contributed by atoms with Gasteiger partial charge in [-0.05, 0) is 43.3 Å². The van der Waals surface area contributed by atoms with Gasteiger partial charge in [-0.2, -0.15) is 0 Å². The second-order valence-electron chi connectivity index (χ2n) is 6.37. The molecule has 28 heavy (non-hydrogen) atoms. The van der Waals surface area contributed by atoms with Crippen LogP contribution in [0, 0.1) is 6.92 Å². The summed E-state index contributed by atoms with van der Waals surface area (Å²) in [4.78, 5) is 12.8. The van der Waals surface area contributed by atoms with Crippen LogP contribution in [0.5, 0.6) is 0 Å². The molecule has 1 aromatic heterocycles. The fourth-order valence-electron chi connectivity index (χ4n) is 2.98. The summed E-state index contributed by atoms with van der Waals surface area (Å²) in [7, 11) is 0. The Hall–Kier alpha value is -3.86. The lowest BCUT2D eigenvalue weighted by molar-refractivity contribution is 0.0953. The largest absolute Gasteiger partial charge is 0.270 e. The van der Waals surface area contributed by atoms with Crippen LogP contribution in [0.25, 0.3) is 5.69 Å². The van der Waals surface area contributed by atoms with E-state index < -0.39 is 0 Å². The van der Waals surface area contributed by atoms with Crippen LogP contribution in [0.1, 0.15) is 16.1 Å². The van der Waals surface area contributed by atoms with Gasteiger partial charge >= 0.3 is 0 Å². The molecule has 0 aliphatic carbocycles. The first-order chi connectivity index (χ1) is 13.7. The minimum absolute atomic E-state index is 0.198. The van der Waals surface area contributed by atoms with Gasteiger partial charge in [-0.1, -0.05) is 54.6 Å². The number of rotatable bonds is 5. The minimum atomic E-state index is -0.198. The first kappa shape index (κ1) is 17.5. The summed E-state index contributed by atoms with van der Waals surface area (Å²) in [6.07, 6.45) is 0. The molecule has 0 radical (unpaired) electrons. The highest BCUT2D eigenvalue weighted by Crippen LogP contribution is 2.24. The van der Waals surface area contributed by atoms with E-state index in [1.807, 2.05) is 96.5 Å². The van der Waals surface area contributed by atoms with Crippen molar-refractivity contribution < 1.29 is 4.79 Å². The van der Waals surface area contributed by atoms with E-state index in [9.17, 15) is 4.79 Å². The second-order valence-corrected chi connectivity index (χ2v) is 6.37. The summed E-state index contributed by atoms with van der Waals surface area (Å²) in [5, 5.41) is 6.44. The maximum atomic E-state index is 12.8. The van der Waals surface area contributed by atoms with Gasteiger partial charge in [0, 0.05) is 17.3 Å². The molecule has 138 valence electrons.